The van der Waals surface area contributed by atoms with Gasteiger partial charge in [-0.1, -0.05) is 122 Å². The molecule has 3 heteroatoms. The molecule has 2 aliphatic carbocycles. The second kappa shape index (κ2) is 8.37. The first kappa shape index (κ1) is 23.1. The fourth-order valence-electron chi connectivity index (χ4n) is 7.01. The molecule has 0 nitrogen and oxygen atoms in total. The lowest BCUT2D eigenvalue weighted by atomic mass is 9.98. The highest BCUT2D eigenvalue weighted by Crippen LogP contribution is 2.57. The van der Waals surface area contributed by atoms with Gasteiger partial charge in [0.2, 0.25) is 0 Å². The summed E-state index contributed by atoms with van der Waals surface area (Å²) in [6, 6.07) is 21.8. The van der Waals surface area contributed by atoms with Crippen molar-refractivity contribution in [2.45, 2.75) is 50.9 Å². The first-order chi connectivity index (χ1) is 16.9. The van der Waals surface area contributed by atoms with Crippen LogP contribution in [0.3, 0.4) is 0 Å². The molecular weight excluding hydrogens is 483 g/mol. The Bertz CT molecular complexity index is 1460. The minimum atomic E-state index is -2.04. The van der Waals surface area contributed by atoms with E-state index >= 15 is 0 Å². The molecule has 6 rings (SSSR count). The quantitative estimate of drug-likeness (QED) is 0.238. The van der Waals surface area contributed by atoms with Gasteiger partial charge in [-0.3, -0.25) is 0 Å². The number of hydrogen-bond acceptors (Lipinski definition) is 0. The van der Waals surface area contributed by atoms with Crippen molar-refractivity contribution in [1.82, 2.24) is 0 Å². The highest BCUT2D eigenvalue weighted by atomic mass is 35.5. The van der Waals surface area contributed by atoms with Crippen LogP contribution < -0.4 is 0 Å². The van der Waals surface area contributed by atoms with E-state index in [0.717, 1.165) is 22.9 Å². The van der Waals surface area contributed by atoms with E-state index in [2.05, 4.69) is 99.8 Å². The van der Waals surface area contributed by atoms with E-state index in [4.69, 9.17) is 23.2 Å². The average Bonchev–Trinajstić information content (AvgIpc) is 3.45. The van der Waals surface area contributed by atoms with Crippen LogP contribution in [0.4, 0.5) is 0 Å². The molecule has 0 amide bonds. The molecule has 176 valence electrons. The monoisotopic (exact) mass is 512 g/mol. The van der Waals surface area contributed by atoms with Gasteiger partial charge in [0.05, 0.1) is 8.07 Å². The Kier molecular flexibility index (Phi) is 5.52. The molecule has 0 bridgehead atoms. The van der Waals surface area contributed by atoms with E-state index in [0.29, 0.717) is 11.1 Å². The predicted octanol–water partition coefficient (Wildman–Crippen LogP) is 10.6. The van der Waals surface area contributed by atoms with Crippen molar-refractivity contribution in [3.8, 4) is 0 Å². The zero-order chi connectivity index (χ0) is 24.5. The molecule has 0 aromatic heterocycles. The lowest BCUT2D eigenvalue weighted by Gasteiger charge is -2.40. The summed E-state index contributed by atoms with van der Waals surface area (Å²) >= 11 is 13.8. The molecule has 0 radical (unpaired) electrons. The fraction of sp³-hybridized carbons (Fsp3) is 0.250. The van der Waals surface area contributed by atoms with Gasteiger partial charge >= 0.3 is 0 Å². The summed E-state index contributed by atoms with van der Waals surface area (Å²) in [5.41, 5.74) is 9.28. The van der Waals surface area contributed by atoms with Gasteiger partial charge in [-0.2, -0.15) is 0 Å². The topological polar surface area (TPSA) is 0 Å². The summed E-state index contributed by atoms with van der Waals surface area (Å²) in [7, 11) is -2.04. The molecule has 0 N–H and O–H groups in total. The molecule has 2 aliphatic rings. The zero-order valence-corrected chi connectivity index (χ0v) is 23.3. The molecule has 4 aromatic rings. The van der Waals surface area contributed by atoms with Crippen LogP contribution >= 0.6 is 23.2 Å². The van der Waals surface area contributed by atoms with Crippen molar-refractivity contribution in [1.29, 1.82) is 0 Å². The predicted molar refractivity (Wildman–Crippen MR) is 157 cm³/mol. The van der Waals surface area contributed by atoms with Crippen LogP contribution in [0.1, 0.15) is 60.0 Å². The van der Waals surface area contributed by atoms with Gasteiger partial charge in [0.1, 0.15) is 0 Å². The van der Waals surface area contributed by atoms with E-state index in [1.165, 1.54) is 54.9 Å². The molecule has 0 fully saturated rings. The standard InChI is InChI=1S/C32H30Cl2Si/c1-5-19-15-25-27(33)17-21-11-7-9-13-23(21)29(25)31(19)35(3,4)32-20(6-2)16-26-28(34)18-22-12-8-10-14-24(22)30(26)32/h7-18,31-32H,5-6H2,1-4H3. The average molecular weight is 514 g/mol. The van der Waals surface area contributed by atoms with E-state index in [-0.39, 0.29) is 0 Å². The molecule has 2 atom stereocenters. The Labute approximate surface area is 219 Å². The van der Waals surface area contributed by atoms with Crippen LogP contribution in [0.15, 0.2) is 71.8 Å². The van der Waals surface area contributed by atoms with Crippen LogP contribution in [0.2, 0.25) is 23.1 Å². The molecule has 0 heterocycles. The SMILES string of the molecule is CCC1=Cc2c(Cl)cc3ccccc3c2C1[Si](C)(C)C1C(CC)=Cc2c(Cl)cc3ccccc3c21. The minimum Gasteiger partial charge on any atom is -0.0837 e. The summed E-state index contributed by atoms with van der Waals surface area (Å²) in [6.45, 7) is 9.81. The third-order valence-electron chi connectivity index (χ3n) is 8.44. The van der Waals surface area contributed by atoms with E-state index in [1.54, 1.807) is 0 Å². The smallest absolute Gasteiger partial charge is 0.0722 e. The first-order valence-corrected chi connectivity index (χ1v) is 16.6. The van der Waals surface area contributed by atoms with Crippen molar-refractivity contribution >= 4 is 65.0 Å². The van der Waals surface area contributed by atoms with Crippen LogP contribution in [0.5, 0.6) is 0 Å². The lowest BCUT2D eigenvalue weighted by Crippen LogP contribution is -2.43. The molecule has 0 saturated heterocycles. The third-order valence-corrected chi connectivity index (χ3v) is 13.4. The Morgan fingerprint density at radius 1 is 0.657 bits per heavy atom. The second-order valence-electron chi connectivity index (χ2n) is 10.6. The van der Waals surface area contributed by atoms with E-state index < -0.39 is 8.07 Å². The van der Waals surface area contributed by atoms with Gasteiger partial charge < -0.3 is 0 Å². The summed E-state index contributed by atoms with van der Waals surface area (Å²) in [5, 5.41) is 6.94. The van der Waals surface area contributed by atoms with E-state index in [9.17, 15) is 0 Å². The van der Waals surface area contributed by atoms with Crippen molar-refractivity contribution in [2.75, 3.05) is 0 Å². The van der Waals surface area contributed by atoms with Gasteiger partial charge in [-0.05, 0) is 68.8 Å². The zero-order valence-electron chi connectivity index (χ0n) is 20.8. The summed E-state index contributed by atoms with van der Waals surface area (Å²) in [5.74, 6) is 0. The molecule has 4 aromatic carbocycles. The molecule has 2 unspecified atom stereocenters. The Hall–Kier alpha value is -2.32. The number of hydrogen-bond donors (Lipinski definition) is 0. The van der Waals surface area contributed by atoms with E-state index in [1.807, 2.05) is 0 Å². The highest BCUT2D eigenvalue weighted by molar-refractivity contribution is 6.82. The summed E-state index contributed by atoms with van der Waals surface area (Å²) in [4.78, 5) is 0. The number of benzene rings is 4. The first-order valence-electron chi connectivity index (χ1n) is 12.7. The maximum atomic E-state index is 6.92. The molecule has 0 spiro atoms. The fourth-order valence-corrected chi connectivity index (χ4v) is 12.5. The van der Waals surface area contributed by atoms with Crippen LogP contribution in [0.25, 0.3) is 33.7 Å². The molecule has 35 heavy (non-hydrogen) atoms. The normalized spacial score (nSPS) is 19.1. The van der Waals surface area contributed by atoms with Crippen molar-refractivity contribution < 1.29 is 0 Å². The van der Waals surface area contributed by atoms with Gasteiger partial charge in [-0.15, -0.1) is 0 Å². The summed E-state index contributed by atoms with van der Waals surface area (Å²) in [6.07, 6.45) is 6.90. The Morgan fingerprint density at radius 3 is 1.46 bits per heavy atom. The van der Waals surface area contributed by atoms with Gasteiger partial charge in [0, 0.05) is 21.1 Å². The Morgan fingerprint density at radius 2 is 1.06 bits per heavy atom. The lowest BCUT2D eigenvalue weighted by molar-refractivity contribution is 0.905. The maximum Gasteiger partial charge on any atom is 0.0722 e. The molecule has 0 aliphatic heterocycles. The van der Waals surface area contributed by atoms with Crippen LogP contribution in [-0.4, -0.2) is 8.07 Å². The second-order valence-corrected chi connectivity index (χ2v) is 16.3. The van der Waals surface area contributed by atoms with Crippen molar-refractivity contribution in [2.24, 2.45) is 0 Å². The van der Waals surface area contributed by atoms with Crippen LogP contribution in [0, 0.1) is 0 Å². The van der Waals surface area contributed by atoms with Crippen molar-refractivity contribution in [3.63, 3.8) is 0 Å². The van der Waals surface area contributed by atoms with Gasteiger partial charge in [-0.25, -0.2) is 0 Å². The number of allylic oxidation sites excluding steroid dienone is 2. The van der Waals surface area contributed by atoms with Crippen LogP contribution in [-0.2, 0) is 0 Å². The summed E-state index contributed by atoms with van der Waals surface area (Å²) < 4.78 is 0. The Balaban J connectivity index is 1.64. The highest BCUT2D eigenvalue weighted by Gasteiger charge is 2.49. The third kappa shape index (κ3) is 3.32. The maximum absolute atomic E-state index is 6.92. The number of fused-ring (bicyclic) bond motifs is 6. The van der Waals surface area contributed by atoms with Crippen molar-refractivity contribution in [3.05, 3.63) is 104 Å². The van der Waals surface area contributed by atoms with Gasteiger partial charge in [0.25, 0.3) is 0 Å². The number of halogens is 2. The number of rotatable bonds is 4. The minimum absolute atomic E-state index is 0.412. The largest absolute Gasteiger partial charge is 0.0837 e. The molecular formula is C32H30Cl2Si. The molecule has 0 saturated carbocycles. The van der Waals surface area contributed by atoms with Gasteiger partial charge in [0.15, 0.2) is 0 Å².